The number of carbonyl (C=O) groups is 3. The molecule has 9 heteroatoms. The minimum absolute atomic E-state index is 0.123. The molecule has 1 N–H and O–H groups in total. The lowest BCUT2D eigenvalue weighted by Crippen LogP contribution is -2.72. The average molecular weight is 511 g/mol. The molecule has 0 bridgehead atoms. The molecule has 2 aromatic carbocycles. The summed E-state index contributed by atoms with van der Waals surface area (Å²) in [5.74, 6) is 0.415. The Morgan fingerprint density at radius 2 is 1.81 bits per heavy atom. The standard InChI is InChI=1S/C28H34N2O7/c1-4-10-21(20-13-14-22-23(15-20)37-18-36-22)29-27(33)30-25(32)28(5-2,6-3)26(30)35-17-24(31)34-16-19-11-8-7-9-12-19/h7-9,11-15,21,26H,4-6,10,16-18H2,1-3H3,(H,29,33). The minimum Gasteiger partial charge on any atom is -0.459 e. The molecule has 3 amide bonds. The van der Waals surface area contributed by atoms with Crippen molar-refractivity contribution in [1.82, 2.24) is 10.2 Å². The summed E-state index contributed by atoms with van der Waals surface area (Å²) in [6.07, 6.45) is 1.58. The molecule has 1 fully saturated rings. The predicted molar refractivity (Wildman–Crippen MR) is 135 cm³/mol. The molecule has 0 spiro atoms. The monoisotopic (exact) mass is 510 g/mol. The number of imide groups is 1. The van der Waals surface area contributed by atoms with Crippen molar-refractivity contribution in [2.45, 2.75) is 65.3 Å². The van der Waals surface area contributed by atoms with Gasteiger partial charge in [0.25, 0.3) is 0 Å². The lowest BCUT2D eigenvalue weighted by molar-refractivity contribution is -0.214. The zero-order chi connectivity index (χ0) is 26.4. The molecule has 1 saturated heterocycles. The van der Waals surface area contributed by atoms with Crippen molar-refractivity contribution in [1.29, 1.82) is 0 Å². The highest BCUT2D eigenvalue weighted by Gasteiger charge is 2.62. The van der Waals surface area contributed by atoms with Crippen molar-refractivity contribution in [2.24, 2.45) is 5.41 Å². The molecule has 2 aliphatic rings. The number of benzene rings is 2. The molecule has 9 nitrogen and oxygen atoms in total. The average Bonchev–Trinajstić information content (AvgIpc) is 3.39. The minimum atomic E-state index is -0.865. The van der Waals surface area contributed by atoms with Gasteiger partial charge in [0.15, 0.2) is 17.7 Å². The fourth-order valence-electron chi connectivity index (χ4n) is 4.85. The van der Waals surface area contributed by atoms with E-state index >= 15 is 0 Å². The second-order valence-corrected chi connectivity index (χ2v) is 9.25. The highest BCUT2D eigenvalue weighted by atomic mass is 16.7. The Morgan fingerprint density at radius 1 is 1.08 bits per heavy atom. The molecule has 2 unspecified atom stereocenters. The summed E-state index contributed by atoms with van der Waals surface area (Å²) in [4.78, 5) is 40.0. The molecule has 2 aliphatic heterocycles. The predicted octanol–water partition coefficient (Wildman–Crippen LogP) is 4.70. The van der Waals surface area contributed by atoms with E-state index in [1.165, 1.54) is 0 Å². The molecule has 37 heavy (non-hydrogen) atoms. The van der Waals surface area contributed by atoms with E-state index in [4.69, 9.17) is 18.9 Å². The van der Waals surface area contributed by atoms with Gasteiger partial charge in [0.1, 0.15) is 13.2 Å². The molecule has 0 aliphatic carbocycles. The van der Waals surface area contributed by atoms with Gasteiger partial charge in [-0.2, -0.15) is 0 Å². The van der Waals surface area contributed by atoms with Crippen molar-refractivity contribution in [3.8, 4) is 11.5 Å². The van der Waals surface area contributed by atoms with E-state index in [1.54, 1.807) is 0 Å². The quantitative estimate of drug-likeness (QED) is 0.345. The Balaban J connectivity index is 1.43. The number of urea groups is 1. The summed E-state index contributed by atoms with van der Waals surface area (Å²) in [7, 11) is 0. The molecule has 0 aromatic heterocycles. The lowest BCUT2D eigenvalue weighted by atomic mass is 9.72. The first-order valence-electron chi connectivity index (χ1n) is 12.8. The Labute approximate surface area is 217 Å². The number of ether oxygens (including phenoxy) is 4. The third-order valence-corrected chi connectivity index (χ3v) is 7.11. The van der Waals surface area contributed by atoms with E-state index < -0.39 is 23.6 Å². The van der Waals surface area contributed by atoms with Gasteiger partial charge in [0.05, 0.1) is 11.5 Å². The number of likely N-dealkylation sites (tertiary alicyclic amines) is 1. The lowest BCUT2D eigenvalue weighted by Gasteiger charge is -2.53. The third kappa shape index (κ3) is 5.41. The second-order valence-electron chi connectivity index (χ2n) is 9.25. The molecular formula is C28H34N2O7. The molecule has 2 heterocycles. The van der Waals surface area contributed by atoms with Crippen molar-refractivity contribution < 1.29 is 33.3 Å². The van der Waals surface area contributed by atoms with Crippen LogP contribution in [-0.2, 0) is 25.7 Å². The van der Waals surface area contributed by atoms with E-state index in [0.717, 1.165) is 22.4 Å². The zero-order valence-corrected chi connectivity index (χ0v) is 21.5. The van der Waals surface area contributed by atoms with Crippen molar-refractivity contribution in [3.05, 3.63) is 59.7 Å². The molecule has 0 radical (unpaired) electrons. The van der Waals surface area contributed by atoms with Gasteiger partial charge in [-0.3, -0.25) is 4.79 Å². The van der Waals surface area contributed by atoms with E-state index in [1.807, 2.05) is 69.3 Å². The van der Waals surface area contributed by atoms with Crippen LogP contribution in [0.15, 0.2) is 48.5 Å². The number of nitrogens with one attached hydrogen (secondary N) is 1. The van der Waals surface area contributed by atoms with Crippen LogP contribution in [0.2, 0.25) is 0 Å². The number of β-lactam (4-membered cyclic amide) rings is 1. The Kier molecular flexibility index (Phi) is 8.33. The SMILES string of the molecule is CCCC(NC(=O)N1C(=O)C(CC)(CC)C1OCC(=O)OCc1ccccc1)c1ccc2c(c1)OCO2. The maximum absolute atomic E-state index is 13.4. The molecule has 4 rings (SSSR count). The van der Waals surface area contributed by atoms with Crippen LogP contribution in [0.25, 0.3) is 0 Å². The normalized spacial score (nSPS) is 18.2. The molecule has 198 valence electrons. The largest absolute Gasteiger partial charge is 0.459 e. The van der Waals surface area contributed by atoms with Crippen LogP contribution in [0, 0.1) is 5.41 Å². The summed E-state index contributed by atoms with van der Waals surface area (Å²) >= 11 is 0. The summed E-state index contributed by atoms with van der Waals surface area (Å²) in [6, 6.07) is 14.0. The van der Waals surface area contributed by atoms with Gasteiger partial charge < -0.3 is 24.3 Å². The summed E-state index contributed by atoms with van der Waals surface area (Å²) < 4.78 is 22.0. The highest BCUT2D eigenvalue weighted by Crippen LogP contribution is 2.46. The number of hydrogen-bond acceptors (Lipinski definition) is 7. The Morgan fingerprint density at radius 3 is 2.51 bits per heavy atom. The van der Waals surface area contributed by atoms with Crippen LogP contribution >= 0.6 is 0 Å². The first-order chi connectivity index (χ1) is 17.9. The number of esters is 1. The number of nitrogens with zero attached hydrogens (tertiary/aromatic N) is 1. The summed E-state index contributed by atoms with van der Waals surface area (Å²) in [6.45, 7) is 5.71. The van der Waals surface area contributed by atoms with Crippen molar-refractivity contribution in [2.75, 3.05) is 13.4 Å². The first-order valence-corrected chi connectivity index (χ1v) is 12.8. The summed E-state index contributed by atoms with van der Waals surface area (Å²) in [5.41, 5.74) is 0.847. The van der Waals surface area contributed by atoms with E-state index in [9.17, 15) is 14.4 Å². The number of carbonyl (C=O) groups excluding carboxylic acids is 3. The van der Waals surface area contributed by atoms with Gasteiger partial charge in [0, 0.05) is 0 Å². The van der Waals surface area contributed by atoms with Crippen LogP contribution in [0.5, 0.6) is 11.5 Å². The highest BCUT2D eigenvalue weighted by molar-refractivity contribution is 6.03. The third-order valence-electron chi connectivity index (χ3n) is 7.11. The fourth-order valence-corrected chi connectivity index (χ4v) is 4.85. The number of amides is 3. The zero-order valence-electron chi connectivity index (χ0n) is 21.5. The Hall–Kier alpha value is -3.59. The molecular weight excluding hydrogens is 476 g/mol. The van der Waals surface area contributed by atoms with Crippen LogP contribution in [0.3, 0.4) is 0 Å². The number of hydrogen-bond donors (Lipinski definition) is 1. The number of rotatable bonds is 11. The Bertz CT molecular complexity index is 1120. The van der Waals surface area contributed by atoms with E-state index in [0.29, 0.717) is 30.8 Å². The van der Waals surface area contributed by atoms with Crippen LogP contribution in [0.4, 0.5) is 4.79 Å². The van der Waals surface area contributed by atoms with E-state index in [2.05, 4.69) is 5.32 Å². The topological polar surface area (TPSA) is 103 Å². The van der Waals surface area contributed by atoms with Gasteiger partial charge in [-0.25, -0.2) is 14.5 Å². The maximum atomic E-state index is 13.4. The maximum Gasteiger partial charge on any atom is 0.332 e. The molecule has 2 atom stereocenters. The smallest absolute Gasteiger partial charge is 0.332 e. The van der Waals surface area contributed by atoms with Gasteiger partial charge in [0.2, 0.25) is 12.7 Å². The molecule has 2 aromatic rings. The van der Waals surface area contributed by atoms with Gasteiger partial charge >= 0.3 is 12.0 Å². The number of fused-ring (bicyclic) bond motifs is 1. The van der Waals surface area contributed by atoms with Crippen LogP contribution in [-0.4, -0.2) is 42.4 Å². The van der Waals surface area contributed by atoms with Gasteiger partial charge in [-0.05, 0) is 42.5 Å². The first kappa shape index (κ1) is 26.5. The second kappa shape index (κ2) is 11.6. The van der Waals surface area contributed by atoms with Crippen molar-refractivity contribution in [3.63, 3.8) is 0 Å². The van der Waals surface area contributed by atoms with Crippen LogP contribution < -0.4 is 14.8 Å². The van der Waals surface area contributed by atoms with Crippen molar-refractivity contribution >= 4 is 17.9 Å². The molecule has 0 saturated carbocycles. The summed E-state index contributed by atoms with van der Waals surface area (Å²) in [5, 5.41) is 2.98. The van der Waals surface area contributed by atoms with Gasteiger partial charge in [-0.1, -0.05) is 63.6 Å². The van der Waals surface area contributed by atoms with E-state index in [-0.39, 0.29) is 32.0 Å². The van der Waals surface area contributed by atoms with Crippen LogP contribution in [0.1, 0.15) is 63.6 Å². The fraction of sp³-hybridized carbons (Fsp3) is 0.464. The van der Waals surface area contributed by atoms with Gasteiger partial charge in [-0.15, -0.1) is 0 Å².